The van der Waals surface area contributed by atoms with Crippen LogP contribution in [0.3, 0.4) is 0 Å². The number of fused-ring (bicyclic) bond motifs is 1. The number of ether oxygens (including phenoxy) is 1. The first-order valence-corrected chi connectivity index (χ1v) is 9.90. The molecule has 1 aliphatic rings. The third kappa shape index (κ3) is 3.84. The van der Waals surface area contributed by atoms with E-state index in [1.165, 1.54) is 9.71 Å². The molecule has 0 aliphatic carbocycles. The zero-order chi connectivity index (χ0) is 17.9. The maximum atomic E-state index is 12.4. The predicted octanol–water partition coefficient (Wildman–Crippen LogP) is 4.73. The van der Waals surface area contributed by atoms with Crippen LogP contribution >= 0.6 is 22.9 Å². The highest BCUT2D eigenvalue weighted by atomic mass is 35.5. The van der Waals surface area contributed by atoms with Gasteiger partial charge in [0.15, 0.2) is 6.61 Å². The molecular formula is C20H19ClN2O2S. The van der Waals surface area contributed by atoms with Crippen molar-refractivity contribution in [3.8, 4) is 5.75 Å². The van der Waals surface area contributed by atoms with Gasteiger partial charge in [0, 0.05) is 24.0 Å². The second-order valence-electron chi connectivity index (χ2n) is 6.42. The zero-order valence-electron chi connectivity index (χ0n) is 14.2. The molecule has 1 aromatic heterocycles. The number of carbonyl (C=O) groups is 1. The Kier molecular flexibility index (Phi) is 5.09. The molecule has 6 heteroatoms. The van der Waals surface area contributed by atoms with E-state index in [4.69, 9.17) is 21.3 Å². The van der Waals surface area contributed by atoms with Crippen molar-refractivity contribution in [2.24, 2.45) is 0 Å². The van der Waals surface area contributed by atoms with Gasteiger partial charge in [-0.25, -0.2) is 4.98 Å². The monoisotopic (exact) mass is 386 g/mol. The van der Waals surface area contributed by atoms with Gasteiger partial charge >= 0.3 is 0 Å². The smallest absolute Gasteiger partial charge is 0.260 e. The van der Waals surface area contributed by atoms with Crippen LogP contribution in [0.2, 0.25) is 5.02 Å². The van der Waals surface area contributed by atoms with Gasteiger partial charge in [0.25, 0.3) is 5.91 Å². The molecule has 0 N–H and O–H groups in total. The summed E-state index contributed by atoms with van der Waals surface area (Å²) in [4.78, 5) is 19.0. The van der Waals surface area contributed by atoms with Crippen LogP contribution < -0.4 is 4.74 Å². The molecule has 3 aromatic rings. The van der Waals surface area contributed by atoms with Crippen LogP contribution in [-0.2, 0) is 4.79 Å². The minimum Gasteiger partial charge on any atom is -0.484 e. The minimum absolute atomic E-state index is 0.0210. The molecule has 1 fully saturated rings. The van der Waals surface area contributed by atoms with E-state index in [9.17, 15) is 4.79 Å². The second-order valence-corrected chi connectivity index (χ2v) is 7.92. The fourth-order valence-corrected chi connectivity index (χ4v) is 4.55. The fourth-order valence-electron chi connectivity index (χ4n) is 3.23. The van der Waals surface area contributed by atoms with Crippen LogP contribution in [0.25, 0.3) is 10.2 Å². The topological polar surface area (TPSA) is 42.4 Å². The average molecular weight is 387 g/mol. The quantitative estimate of drug-likeness (QED) is 0.650. The molecule has 0 radical (unpaired) electrons. The molecule has 4 rings (SSSR count). The maximum absolute atomic E-state index is 12.4. The van der Waals surface area contributed by atoms with Crippen LogP contribution in [0, 0.1) is 0 Å². The van der Waals surface area contributed by atoms with Gasteiger partial charge in [-0.15, -0.1) is 11.3 Å². The summed E-state index contributed by atoms with van der Waals surface area (Å²) in [5, 5.41) is 1.79. The summed E-state index contributed by atoms with van der Waals surface area (Å²) in [5.41, 5.74) is 1.07. The molecule has 0 saturated carbocycles. The summed E-state index contributed by atoms with van der Waals surface area (Å²) in [6.45, 7) is 1.54. The van der Waals surface area contributed by atoms with Crippen LogP contribution in [0.1, 0.15) is 23.8 Å². The number of thiazole rings is 1. The molecule has 0 unspecified atom stereocenters. The van der Waals surface area contributed by atoms with Gasteiger partial charge < -0.3 is 9.64 Å². The molecule has 0 bridgehead atoms. The first-order valence-electron chi connectivity index (χ1n) is 8.70. The molecule has 4 nitrogen and oxygen atoms in total. The van der Waals surface area contributed by atoms with E-state index >= 15 is 0 Å². The second kappa shape index (κ2) is 7.64. The molecule has 2 aromatic carbocycles. The van der Waals surface area contributed by atoms with E-state index in [2.05, 4.69) is 12.1 Å². The number of aromatic nitrogens is 1. The zero-order valence-corrected chi connectivity index (χ0v) is 15.8. The lowest BCUT2D eigenvalue weighted by Gasteiger charge is -2.31. The average Bonchev–Trinajstić information content (AvgIpc) is 3.10. The minimum atomic E-state index is 0.0210. The number of hydrogen-bond donors (Lipinski definition) is 0. The fraction of sp³-hybridized carbons (Fsp3) is 0.300. The van der Waals surface area contributed by atoms with Crippen LogP contribution in [0.4, 0.5) is 0 Å². The van der Waals surface area contributed by atoms with E-state index in [1.807, 2.05) is 23.1 Å². The number of nitrogens with zero attached hydrogens (tertiary/aromatic N) is 2. The standard InChI is InChI=1S/C20H19ClN2O2S/c21-15-4-3-5-16(12-15)25-13-19(24)23-10-8-14(9-11-23)20-22-17-6-1-2-7-18(17)26-20/h1-7,12,14H,8-11,13H2. The lowest BCUT2D eigenvalue weighted by atomic mass is 9.97. The number of para-hydroxylation sites is 1. The molecule has 1 saturated heterocycles. The summed E-state index contributed by atoms with van der Waals surface area (Å²) < 4.78 is 6.80. The van der Waals surface area contributed by atoms with Crippen molar-refractivity contribution >= 4 is 39.1 Å². The summed E-state index contributed by atoms with van der Waals surface area (Å²) in [7, 11) is 0. The largest absolute Gasteiger partial charge is 0.484 e. The van der Waals surface area contributed by atoms with Gasteiger partial charge in [-0.3, -0.25) is 4.79 Å². The Balaban J connectivity index is 1.32. The van der Waals surface area contributed by atoms with E-state index in [0.717, 1.165) is 31.4 Å². The normalized spacial score (nSPS) is 15.3. The molecular weight excluding hydrogens is 368 g/mol. The van der Waals surface area contributed by atoms with Crippen molar-refractivity contribution < 1.29 is 9.53 Å². The van der Waals surface area contributed by atoms with Crippen LogP contribution in [0.15, 0.2) is 48.5 Å². The summed E-state index contributed by atoms with van der Waals surface area (Å²) in [5.74, 6) is 1.08. The Bertz CT molecular complexity index is 886. The maximum Gasteiger partial charge on any atom is 0.260 e. The molecule has 2 heterocycles. The number of carbonyl (C=O) groups excluding carboxylic acids is 1. The lowest BCUT2D eigenvalue weighted by Crippen LogP contribution is -2.40. The molecule has 1 aliphatic heterocycles. The van der Waals surface area contributed by atoms with Crippen molar-refractivity contribution in [2.75, 3.05) is 19.7 Å². The molecule has 0 spiro atoms. The number of rotatable bonds is 4. The summed E-state index contributed by atoms with van der Waals surface area (Å²) in [6, 6.07) is 15.4. The highest BCUT2D eigenvalue weighted by molar-refractivity contribution is 7.18. The Labute approximate surface area is 161 Å². The van der Waals surface area contributed by atoms with Crippen molar-refractivity contribution in [1.29, 1.82) is 0 Å². The van der Waals surface area contributed by atoms with E-state index in [0.29, 0.717) is 16.7 Å². The SMILES string of the molecule is O=C(COc1cccc(Cl)c1)N1CCC(c2nc3ccccc3s2)CC1. The van der Waals surface area contributed by atoms with Gasteiger partial charge in [-0.2, -0.15) is 0 Å². The number of hydrogen-bond acceptors (Lipinski definition) is 4. The van der Waals surface area contributed by atoms with Crippen LogP contribution in [-0.4, -0.2) is 35.5 Å². The van der Waals surface area contributed by atoms with Crippen molar-refractivity contribution in [1.82, 2.24) is 9.88 Å². The third-order valence-electron chi connectivity index (χ3n) is 4.67. The van der Waals surface area contributed by atoms with Crippen LogP contribution in [0.5, 0.6) is 5.75 Å². The summed E-state index contributed by atoms with van der Waals surface area (Å²) in [6.07, 6.45) is 1.89. The van der Waals surface area contributed by atoms with Crippen molar-refractivity contribution in [3.63, 3.8) is 0 Å². The van der Waals surface area contributed by atoms with E-state index in [1.54, 1.807) is 29.5 Å². The third-order valence-corrected chi connectivity index (χ3v) is 6.10. The molecule has 26 heavy (non-hydrogen) atoms. The summed E-state index contributed by atoms with van der Waals surface area (Å²) >= 11 is 7.70. The van der Waals surface area contributed by atoms with Gasteiger partial charge in [0.2, 0.25) is 0 Å². The predicted molar refractivity (Wildman–Crippen MR) is 105 cm³/mol. The van der Waals surface area contributed by atoms with Gasteiger partial charge in [-0.05, 0) is 43.2 Å². The first kappa shape index (κ1) is 17.3. The number of benzene rings is 2. The highest BCUT2D eigenvalue weighted by Crippen LogP contribution is 2.33. The molecule has 134 valence electrons. The Morgan fingerprint density at radius 2 is 2.00 bits per heavy atom. The van der Waals surface area contributed by atoms with E-state index < -0.39 is 0 Å². The van der Waals surface area contributed by atoms with E-state index in [-0.39, 0.29) is 12.5 Å². The lowest BCUT2D eigenvalue weighted by molar-refractivity contribution is -0.134. The molecule has 1 amide bonds. The Morgan fingerprint density at radius 3 is 2.77 bits per heavy atom. The number of halogens is 1. The Morgan fingerprint density at radius 1 is 1.19 bits per heavy atom. The number of amides is 1. The van der Waals surface area contributed by atoms with Gasteiger partial charge in [0.05, 0.1) is 15.2 Å². The van der Waals surface area contributed by atoms with Crippen molar-refractivity contribution in [2.45, 2.75) is 18.8 Å². The number of piperidine rings is 1. The number of likely N-dealkylation sites (tertiary alicyclic amines) is 1. The highest BCUT2D eigenvalue weighted by Gasteiger charge is 2.26. The van der Waals surface area contributed by atoms with Gasteiger partial charge in [0.1, 0.15) is 5.75 Å². The van der Waals surface area contributed by atoms with Crippen molar-refractivity contribution in [3.05, 3.63) is 58.6 Å². The molecule has 0 atom stereocenters. The first-order chi connectivity index (χ1) is 12.7. The Hall–Kier alpha value is -2.11. The van der Waals surface area contributed by atoms with Gasteiger partial charge in [-0.1, -0.05) is 29.8 Å².